The van der Waals surface area contributed by atoms with Crippen molar-refractivity contribution >= 4 is 17.7 Å². The summed E-state index contributed by atoms with van der Waals surface area (Å²) in [6.07, 6.45) is 4.48. The maximum Gasteiger partial charge on any atom is 0.140 e. The summed E-state index contributed by atoms with van der Waals surface area (Å²) < 4.78 is 12.9. The van der Waals surface area contributed by atoms with E-state index >= 15 is 0 Å². The second-order valence-corrected chi connectivity index (χ2v) is 3.11. The number of hydrogen-bond donors (Lipinski definition) is 0. The molecule has 0 amide bonds. The minimum atomic E-state index is -0.484. The first-order valence-corrected chi connectivity index (χ1v) is 4.73. The Morgan fingerprint density at radius 1 is 1.50 bits per heavy atom. The zero-order valence-electron chi connectivity index (χ0n) is 7.50. The Morgan fingerprint density at radius 2 is 2.29 bits per heavy atom. The van der Waals surface area contributed by atoms with Crippen LogP contribution in [-0.2, 0) is 0 Å². The lowest BCUT2D eigenvalue weighted by Crippen LogP contribution is -1.84. The van der Waals surface area contributed by atoms with E-state index in [1.54, 1.807) is 12.1 Å². The molecule has 0 N–H and O–H groups in total. The minimum Gasteiger partial charge on any atom is -0.206 e. The first kappa shape index (κ1) is 10.7. The molecule has 1 aromatic carbocycles. The summed E-state index contributed by atoms with van der Waals surface area (Å²) in [7, 11) is 0. The molecular weight excluding hydrogens is 201 g/mol. The molecule has 0 aliphatic carbocycles. The van der Waals surface area contributed by atoms with E-state index in [0.717, 1.165) is 12.0 Å². The lowest BCUT2D eigenvalue weighted by Gasteiger charge is -1.95. The number of hydrogen-bond acceptors (Lipinski definition) is 1. The quantitative estimate of drug-likeness (QED) is 0.701. The van der Waals surface area contributed by atoms with Crippen LogP contribution in [0.25, 0.3) is 6.08 Å². The van der Waals surface area contributed by atoms with Crippen LogP contribution in [0.4, 0.5) is 4.39 Å². The molecule has 0 aliphatic rings. The molecule has 0 aromatic heterocycles. The Bertz CT molecular complexity index is 379. The van der Waals surface area contributed by atoms with Gasteiger partial charge in [0.15, 0.2) is 0 Å². The molecule has 0 aliphatic heterocycles. The van der Waals surface area contributed by atoms with Crippen LogP contribution >= 0.6 is 11.6 Å². The molecule has 1 aromatic rings. The molecule has 72 valence electrons. The van der Waals surface area contributed by atoms with Gasteiger partial charge in [0.05, 0.1) is 5.56 Å². The van der Waals surface area contributed by atoms with Crippen molar-refractivity contribution in [1.82, 2.24) is 0 Å². The third-order valence-corrected chi connectivity index (χ3v) is 1.92. The fraction of sp³-hybridized carbons (Fsp3) is 0.182. The Kier molecular flexibility index (Phi) is 4.15. The second kappa shape index (κ2) is 5.41. The van der Waals surface area contributed by atoms with Crippen molar-refractivity contribution in [1.29, 1.82) is 5.26 Å². The lowest BCUT2D eigenvalue weighted by molar-refractivity contribution is 0.624. The van der Waals surface area contributed by atoms with Gasteiger partial charge >= 0.3 is 0 Å². The van der Waals surface area contributed by atoms with Crippen molar-refractivity contribution in [2.45, 2.75) is 6.42 Å². The molecule has 0 fully saturated rings. The van der Waals surface area contributed by atoms with Crippen LogP contribution < -0.4 is 0 Å². The van der Waals surface area contributed by atoms with Crippen LogP contribution in [0.1, 0.15) is 17.5 Å². The normalized spacial score (nSPS) is 10.4. The van der Waals surface area contributed by atoms with Crippen molar-refractivity contribution in [3.05, 3.63) is 41.2 Å². The SMILES string of the molecule is N#Cc1cc(C=CCCCl)ccc1F. The average molecular weight is 210 g/mol. The minimum absolute atomic E-state index is 0.0676. The van der Waals surface area contributed by atoms with Crippen LogP contribution in [0.3, 0.4) is 0 Å². The first-order chi connectivity index (χ1) is 6.77. The Balaban J connectivity index is 2.86. The third kappa shape index (κ3) is 2.86. The monoisotopic (exact) mass is 209 g/mol. The molecule has 0 atom stereocenters. The van der Waals surface area contributed by atoms with Crippen molar-refractivity contribution in [3.8, 4) is 6.07 Å². The average Bonchev–Trinajstić information content (AvgIpc) is 2.21. The molecule has 3 heteroatoms. The Hall–Kier alpha value is -1.33. The number of halogens is 2. The summed E-state index contributed by atoms with van der Waals surface area (Å²) in [5.74, 6) is 0.0741. The molecule has 0 unspecified atom stereocenters. The van der Waals surface area contributed by atoms with Gasteiger partial charge in [-0.2, -0.15) is 5.26 Å². The second-order valence-electron chi connectivity index (χ2n) is 2.73. The number of benzene rings is 1. The van der Waals surface area contributed by atoms with E-state index in [4.69, 9.17) is 16.9 Å². The fourth-order valence-electron chi connectivity index (χ4n) is 1.01. The molecular formula is C11H9ClFN. The molecule has 0 spiro atoms. The summed E-state index contributed by atoms with van der Waals surface area (Å²) in [6, 6.07) is 6.22. The zero-order chi connectivity index (χ0) is 10.4. The van der Waals surface area contributed by atoms with Crippen LogP contribution in [0, 0.1) is 17.1 Å². The van der Waals surface area contributed by atoms with Crippen molar-refractivity contribution in [2.24, 2.45) is 0 Å². The molecule has 1 rings (SSSR count). The van der Waals surface area contributed by atoms with E-state index in [0.29, 0.717) is 5.88 Å². The van der Waals surface area contributed by atoms with Crippen LogP contribution in [0.5, 0.6) is 0 Å². The first-order valence-electron chi connectivity index (χ1n) is 4.20. The number of rotatable bonds is 3. The molecule has 0 bridgehead atoms. The van der Waals surface area contributed by atoms with E-state index in [1.807, 2.05) is 12.2 Å². The van der Waals surface area contributed by atoms with Crippen LogP contribution in [0.15, 0.2) is 24.3 Å². The molecule has 0 saturated carbocycles. The Labute approximate surface area is 87.4 Å². The summed E-state index contributed by atoms with van der Waals surface area (Å²) >= 11 is 5.49. The summed E-state index contributed by atoms with van der Waals surface area (Å²) in [6.45, 7) is 0. The predicted molar refractivity (Wildman–Crippen MR) is 55.5 cm³/mol. The zero-order valence-corrected chi connectivity index (χ0v) is 8.26. The van der Waals surface area contributed by atoms with Gasteiger partial charge in [-0.15, -0.1) is 11.6 Å². The highest BCUT2D eigenvalue weighted by molar-refractivity contribution is 6.17. The molecule has 0 heterocycles. The van der Waals surface area contributed by atoms with Gasteiger partial charge in [0.1, 0.15) is 11.9 Å². The molecule has 14 heavy (non-hydrogen) atoms. The fourth-order valence-corrected chi connectivity index (χ4v) is 1.14. The number of nitrogens with zero attached hydrogens (tertiary/aromatic N) is 1. The highest BCUT2D eigenvalue weighted by Gasteiger charge is 1.99. The molecule has 1 nitrogen and oxygen atoms in total. The third-order valence-electron chi connectivity index (χ3n) is 1.70. The standard InChI is InChI=1S/C11H9ClFN/c12-6-2-1-3-9-4-5-11(13)10(7-9)8-14/h1,3-5,7H,2,6H2. The highest BCUT2D eigenvalue weighted by atomic mass is 35.5. The number of nitriles is 1. The van der Waals surface area contributed by atoms with Gasteiger partial charge in [0.2, 0.25) is 0 Å². The smallest absolute Gasteiger partial charge is 0.140 e. The molecule has 0 saturated heterocycles. The van der Waals surface area contributed by atoms with Gasteiger partial charge in [-0.05, 0) is 24.1 Å². The number of allylic oxidation sites excluding steroid dienone is 1. The summed E-state index contributed by atoms with van der Waals surface area (Å²) in [4.78, 5) is 0. The van der Waals surface area contributed by atoms with Gasteiger partial charge in [-0.25, -0.2) is 4.39 Å². The van der Waals surface area contributed by atoms with E-state index in [-0.39, 0.29) is 5.56 Å². The largest absolute Gasteiger partial charge is 0.206 e. The van der Waals surface area contributed by atoms with E-state index in [2.05, 4.69) is 0 Å². The Morgan fingerprint density at radius 3 is 2.93 bits per heavy atom. The predicted octanol–water partition coefficient (Wildman–Crippen LogP) is 3.34. The molecule has 0 radical (unpaired) electrons. The van der Waals surface area contributed by atoms with Crippen molar-refractivity contribution in [3.63, 3.8) is 0 Å². The summed E-state index contributed by atoms with van der Waals surface area (Å²) in [5, 5.41) is 8.58. The van der Waals surface area contributed by atoms with E-state index < -0.39 is 5.82 Å². The van der Waals surface area contributed by atoms with E-state index in [9.17, 15) is 4.39 Å². The topological polar surface area (TPSA) is 23.8 Å². The van der Waals surface area contributed by atoms with Crippen LogP contribution in [-0.4, -0.2) is 5.88 Å². The highest BCUT2D eigenvalue weighted by Crippen LogP contribution is 2.11. The maximum absolute atomic E-state index is 12.9. The summed E-state index contributed by atoms with van der Waals surface area (Å²) in [5.41, 5.74) is 0.881. The van der Waals surface area contributed by atoms with Gasteiger partial charge in [0.25, 0.3) is 0 Å². The van der Waals surface area contributed by atoms with E-state index in [1.165, 1.54) is 12.1 Å². The van der Waals surface area contributed by atoms with Gasteiger partial charge in [-0.1, -0.05) is 18.2 Å². The van der Waals surface area contributed by atoms with Gasteiger partial charge in [-0.3, -0.25) is 0 Å². The van der Waals surface area contributed by atoms with Crippen LogP contribution in [0.2, 0.25) is 0 Å². The van der Waals surface area contributed by atoms with Gasteiger partial charge in [0, 0.05) is 5.88 Å². The van der Waals surface area contributed by atoms with Gasteiger partial charge < -0.3 is 0 Å². The van der Waals surface area contributed by atoms with Crippen molar-refractivity contribution < 1.29 is 4.39 Å². The number of alkyl halides is 1. The maximum atomic E-state index is 12.9. The van der Waals surface area contributed by atoms with Crippen molar-refractivity contribution in [2.75, 3.05) is 5.88 Å². The lowest BCUT2D eigenvalue weighted by atomic mass is 10.1.